The summed E-state index contributed by atoms with van der Waals surface area (Å²) < 4.78 is 27.8. The highest BCUT2D eigenvalue weighted by Gasteiger charge is 2.51. The Kier molecular flexibility index (Phi) is 8.54. The molecule has 43 heavy (non-hydrogen) atoms. The van der Waals surface area contributed by atoms with E-state index in [1.54, 1.807) is 0 Å². The quantitative estimate of drug-likeness (QED) is 0.162. The van der Waals surface area contributed by atoms with E-state index in [0.29, 0.717) is 0 Å². The van der Waals surface area contributed by atoms with Crippen molar-refractivity contribution in [3.8, 4) is 34.3 Å². The van der Waals surface area contributed by atoms with Crippen LogP contribution in [0.25, 0.3) is 22.3 Å². The van der Waals surface area contributed by atoms with E-state index in [2.05, 4.69) is 0 Å². The van der Waals surface area contributed by atoms with Crippen LogP contribution < -0.4 is 10.2 Å². The molecule has 10 unspecified atom stereocenters. The Morgan fingerprint density at radius 2 is 1.56 bits per heavy atom. The van der Waals surface area contributed by atoms with Crippen molar-refractivity contribution in [1.82, 2.24) is 0 Å². The predicted molar refractivity (Wildman–Crippen MR) is 143 cm³/mol. The van der Waals surface area contributed by atoms with Crippen molar-refractivity contribution in [2.24, 2.45) is 0 Å². The topological polar surface area (TPSA) is 249 Å². The fourth-order valence-corrected chi connectivity index (χ4v) is 5.36. The van der Waals surface area contributed by atoms with E-state index < -0.39 is 95.7 Å². The van der Waals surface area contributed by atoms with Crippen LogP contribution in [0.1, 0.15) is 18.6 Å². The number of rotatable bonds is 6. The number of phenolic OH excluding ortho intramolecular Hbond substituents is 3. The van der Waals surface area contributed by atoms with E-state index >= 15 is 0 Å². The van der Waals surface area contributed by atoms with Gasteiger partial charge >= 0.3 is 0 Å². The Morgan fingerprint density at radius 1 is 0.837 bits per heavy atom. The minimum Gasteiger partial charge on any atom is -0.507 e. The highest BCUT2D eigenvalue weighted by Crippen LogP contribution is 2.44. The minimum absolute atomic E-state index is 0.106. The molecule has 5 rings (SSSR count). The van der Waals surface area contributed by atoms with Crippen LogP contribution in [0.4, 0.5) is 0 Å². The summed E-state index contributed by atoms with van der Waals surface area (Å²) in [6.07, 6.45) is -15.9. The third-order valence-corrected chi connectivity index (χ3v) is 7.71. The maximum atomic E-state index is 13.1. The maximum absolute atomic E-state index is 13.1. The number of aliphatic hydroxyl groups excluding tert-OH is 6. The average Bonchev–Trinajstić information content (AvgIpc) is 2.97. The molecule has 0 saturated carbocycles. The van der Waals surface area contributed by atoms with E-state index in [1.165, 1.54) is 32.2 Å². The Morgan fingerprint density at radius 3 is 2.21 bits per heavy atom. The number of fused-ring (bicyclic) bond motifs is 1. The summed E-state index contributed by atoms with van der Waals surface area (Å²) in [5, 5.41) is 93.9. The molecule has 2 saturated heterocycles. The lowest BCUT2D eigenvalue weighted by Crippen LogP contribution is -2.62. The predicted octanol–water partition coefficient (Wildman–Crippen LogP) is -1.05. The molecule has 0 aliphatic carbocycles. The Labute approximate surface area is 242 Å². The third kappa shape index (κ3) is 5.39. The number of phenols is 3. The summed E-state index contributed by atoms with van der Waals surface area (Å²) in [7, 11) is 1.35. The summed E-state index contributed by atoms with van der Waals surface area (Å²) in [5.41, 5.74) is -1.31. The number of aliphatic hydroxyl groups is 6. The molecule has 10 atom stereocenters. The molecule has 234 valence electrons. The van der Waals surface area contributed by atoms with Crippen molar-refractivity contribution in [1.29, 1.82) is 0 Å². The molecule has 2 aliphatic heterocycles. The van der Waals surface area contributed by atoms with E-state index in [0.717, 1.165) is 12.1 Å². The Bertz CT molecular complexity index is 1540. The van der Waals surface area contributed by atoms with Gasteiger partial charge in [0.05, 0.1) is 25.4 Å². The normalized spacial score (nSPS) is 33.0. The summed E-state index contributed by atoms with van der Waals surface area (Å²) in [6.45, 7) is 0.595. The smallest absolute Gasteiger partial charge is 0.197 e. The van der Waals surface area contributed by atoms with Gasteiger partial charge in [-0.15, -0.1) is 0 Å². The number of methoxy groups -OCH3 is 1. The monoisotopic (exact) mass is 608 g/mol. The maximum Gasteiger partial charge on any atom is 0.197 e. The summed E-state index contributed by atoms with van der Waals surface area (Å²) in [5.74, 6) is -1.57. The van der Waals surface area contributed by atoms with Gasteiger partial charge in [0.25, 0.3) is 0 Å². The van der Waals surface area contributed by atoms with E-state index in [9.17, 15) is 50.8 Å². The van der Waals surface area contributed by atoms with E-state index in [4.69, 9.17) is 23.4 Å². The van der Waals surface area contributed by atoms with Gasteiger partial charge in [-0.3, -0.25) is 4.79 Å². The van der Waals surface area contributed by atoms with Crippen molar-refractivity contribution in [2.75, 3.05) is 13.7 Å². The summed E-state index contributed by atoms with van der Waals surface area (Å²) >= 11 is 0. The number of aromatic hydroxyl groups is 3. The molecule has 1 aromatic heterocycles. The van der Waals surface area contributed by atoms with Gasteiger partial charge in [0.1, 0.15) is 71.5 Å². The lowest BCUT2D eigenvalue weighted by molar-refractivity contribution is -0.338. The van der Waals surface area contributed by atoms with Gasteiger partial charge in [-0.2, -0.15) is 0 Å². The first kappa shape index (κ1) is 30.9. The van der Waals surface area contributed by atoms with Gasteiger partial charge in [-0.1, -0.05) is 0 Å². The molecule has 3 aromatic rings. The zero-order valence-electron chi connectivity index (χ0n) is 22.8. The first-order valence-electron chi connectivity index (χ1n) is 13.3. The van der Waals surface area contributed by atoms with Crippen LogP contribution in [-0.2, 0) is 14.2 Å². The summed E-state index contributed by atoms with van der Waals surface area (Å²) in [4.78, 5) is 13.1. The molecule has 0 amide bonds. The van der Waals surface area contributed by atoms with Crippen LogP contribution in [0, 0.1) is 0 Å². The standard InChI is InChI=1S/C28H32O15/c1-9-20(34)21(35)24(38)28(40-9)43-25-17(8-29)42-27(23(37)22(25)36)19-13(32)6-12(31)18-14(33)7-16(41-26(18)19)10-3-4-15(39-2)11(30)5-10/h3-7,9,17,20-25,27-32,34-38H,8H2,1-2H3. The molecule has 2 aliphatic rings. The molecule has 2 fully saturated rings. The van der Waals surface area contributed by atoms with Crippen LogP contribution in [0.2, 0.25) is 0 Å². The van der Waals surface area contributed by atoms with Gasteiger partial charge < -0.3 is 69.3 Å². The largest absolute Gasteiger partial charge is 0.507 e. The first-order valence-corrected chi connectivity index (χ1v) is 13.3. The van der Waals surface area contributed by atoms with Crippen molar-refractivity contribution in [2.45, 2.75) is 68.1 Å². The van der Waals surface area contributed by atoms with Gasteiger partial charge in [0.2, 0.25) is 0 Å². The first-order chi connectivity index (χ1) is 20.4. The molecule has 0 radical (unpaired) electrons. The van der Waals surface area contributed by atoms with Crippen molar-refractivity contribution < 1.29 is 69.3 Å². The van der Waals surface area contributed by atoms with Crippen molar-refractivity contribution in [3.63, 3.8) is 0 Å². The second-order valence-electron chi connectivity index (χ2n) is 10.4. The molecule has 0 spiro atoms. The molecule has 9 N–H and O–H groups in total. The Balaban J connectivity index is 1.54. The molecule has 15 nitrogen and oxygen atoms in total. The number of benzene rings is 2. The SMILES string of the molecule is COc1ccc(-c2cc(=O)c3c(O)cc(O)c(C4OC(CO)C(OC5OC(C)C(O)C(O)C5O)C(O)C4O)c3o2)cc1O. The number of hydrogen-bond acceptors (Lipinski definition) is 15. The van der Waals surface area contributed by atoms with Crippen LogP contribution in [-0.4, -0.2) is 115 Å². The lowest BCUT2D eigenvalue weighted by Gasteiger charge is -2.46. The molecule has 2 aromatic carbocycles. The van der Waals surface area contributed by atoms with Gasteiger partial charge in [0.15, 0.2) is 28.8 Å². The fraction of sp³-hybridized carbons (Fsp3) is 0.464. The zero-order chi connectivity index (χ0) is 31.3. The van der Waals surface area contributed by atoms with Gasteiger partial charge in [0, 0.05) is 17.7 Å². The zero-order valence-corrected chi connectivity index (χ0v) is 22.8. The molecule has 3 heterocycles. The van der Waals surface area contributed by atoms with E-state index in [1.807, 2.05) is 0 Å². The van der Waals surface area contributed by atoms with Crippen molar-refractivity contribution in [3.05, 3.63) is 46.1 Å². The van der Waals surface area contributed by atoms with E-state index in [-0.39, 0.29) is 28.4 Å². The van der Waals surface area contributed by atoms with Crippen LogP contribution in [0.3, 0.4) is 0 Å². The van der Waals surface area contributed by atoms with Gasteiger partial charge in [-0.25, -0.2) is 0 Å². The minimum atomic E-state index is -1.92. The molecular formula is C28H32O15. The molecular weight excluding hydrogens is 576 g/mol. The van der Waals surface area contributed by atoms with Crippen LogP contribution >= 0.6 is 0 Å². The average molecular weight is 609 g/mol. The molecule has 0 bridgehead atoms. The second-order valence-corrected chi connectivity index (χ2v) is 10.4. The number of ether oxygens (including phenoxy) is 4. The van der Waals surface area contributed by atoms with Gasteiger partial charge in [-0.05, 0) is 25.1 Å². The number of hydrogen-bond donors (Lipinski definition) is 9. The van der Waals surface area contributed by atoms with Crippen molar-refractivity contribution >= 4 is 11.0 Å². The fourth-order valence-electron chi connectivity index (χ4n) is 5.36. The molecule has 15 heteroatoms. The second kappa shape index (κ2) is 11.9. The summed E-state index contributed by atoms with van der Waals surface area (Å²) in [6, 6.07) is 6.01. The third-order valence-electron chi connectivity index (χ3n) is 7.71. The van der Waals surface area contributed by atoms with Crippen LogP contribution in [0.5, 0.6) is 23.0 Å². The highest BCUT2D eigenvalue weighted by atomic mass is 16.7. The highest BCUT2D eigenvalue weighted by molar-refractivity contribution is 5.89. The van der Waals surface area contributed by atoms with Crippen LogP contribution in [0.15, 0.2) is 39.5 Å². The lowest BCUT2D eigenvalue weighted by atomic mass is 9.89. The Hall–Kier alpha value is -3.51.